The van der Waals surface area contributed by atoms with Crippen molar-refractivity contribution in [1.82, 2.24) is 14.2 Å². The number of rotatable bonds is 22. The second-order valence-electron chi connectivity index (χ2n) is 17.3. The number of ether oxygens (including phenoxy) is 4. The highest BCUT2D eigenvalue weighted by molar-refractivity contribution is 7.89. The van der Waals surface area contributed by atoms with Gasteiger partial charge in [-0.1, -0.05) is 55.3 Å². The van der Waals surface area contributed by atoms with Crippen molar-refractivity contribution >= 4 is 26.6 Å². The number of hydrogen-bond acceptors (Lipinski definition) is 12. The van der Waals surface area contributed by atoms with E-state index in [1.165, 1.54) is 0 Å². The van der Waals surface area contributed by atoms with E-state index in [4.69, 9.17) is 28.9 Å². The summed E-state index contributed by atoms with van der Waals surface area (Å²) in [6.45, 7) is 10.7. The number of hydrogen-bond donors (Lipinski definition) is 2. The zero-order chi connectivity index (χ0) is 43.1. The van der Waals surface area contributed by atoms with Crippen molar-refractivity contribution in [3.8, 4) is 11.5 Å². The lowest BCUT2D eigenvalue weighted by molar-refractivity contribution is -0.251. The first-order valence-electron chi connectivity index (χ1n) is 22.9. The molecule has 7 atom stereocenters. The summed E-state index contributed by atoms with van der Waals surface area (Å²) in [6.07, 6.45) is 13.0. The Bertz CT molecular complexity index is 2170. The maximum Gasteiger partial charge on any atom is 0.245 e. The Labute approximate surface area is 366 Å². The molecule has 2 saturated heterocycles. The smallest absolute Gasteiger partial charge is 0.245 e. The van der Waals surface area contributed by atoms with Crippen molar-refractivity contribution in [1.29, 1.82) is 0 Å². The van der Waals surface area contributed by atoms with E-state index < -0.39 is 34.1 Å². The molecular formula is C48H64N4O9S. The van der Waals surface area contributed by atoms with E-state index in [0.717, 1.165) is 80.4 Å². The van der Waals surface area contributed by atoms with Crippen LogP contribution in [0.4, 0.5) is 0 Å². The molecule has 5 aliphatic rings. The molecule has 3 aromatic rings. The predicted molar refractivity (Wildman–Crippen MR) is 237 cm³/mol. The fourth-order valence-corrected chi connectivity index (χ4v) is 12.2. The second kappa shape index (κ2) is 20.3. The summed E-state index contributed by atoms with van der Waals surface area (Å²) in [5, 5.41) is 25.6. The number of aliphatic hydroxyl groups excluding tert-OH is 2. The first-order chi connectivity index (χ1) is 30.3. The summed E-state index contributed by atoms with van der Waals surface area (Å²) in [6, 6.07) is 14.0. The second-order valence-corrected chi connectivity index (χ2v) is 19.2. The van der Waals surface area contributed by atoms with Gasteiger partial charge in [-0.25, -0.2) is 8.42 Å². The monoisotopic (exact) mass is 872 g/mol. The lowest BCUT2D eigenvalue weighted by Gasteiger charge is -2.59. The van der Waals surface area contributed by atoms with Gasteiger partial charge in [0, 0.05) is 75.3 Å². The van der Waals surface area contributed by atoms with Gasteiger partial charge in [-0.2, -0.15) is 4.31 Å². The quantitative estimate of drug-likeness (QED) is 0.0457. The van der Waals surface area contributed by atoms with Crippen LogP contribution in [0.1, 0.15) is 89.0 Å². The summed E-state index contributed by atoms with van der Waals surface area (Å²) in [5.41, 5.74) is 2.93. The van der Waals surface area contributed by atoms with Crippen LogP contribution in [0.5, 0.6) is 11.5 Å². The Morgan fingerprint density at radius 3 is 2.65 bits per heavy atom. The lowest BCUT2D eigenvalue weighted by atomic mass is 9.55. The van der Waals surface area contributed by atoms with Gasteiger partial charge in [0.25, 0.3) is 0 Å². The summed E-state index contributed by atoms with van der Waals surface area (Å²) < 4.78 is 59.6. The van der Waals surface area contributed by atoms with Gasteiger partial charge in [0.2, 0.25) is 22.1 Å². The number of unbranched alkanes of at least 4 members (excludes halogenated alkanes) is 2. The average molecular weight is 873 g/mol. The fraction of sp³-hybridized carbons (Fsp3) is 0.583. The van der Waals surface area contributed by atoms with Gasteiger partial charge in [0.05, 0.1) is 36.4 Å². The maximum absolute atomic E-state index is 15.5. The van der Waals surface area contributed by atoms with Crippen LogP contribution >= 0.6 is 0 Å². The number of nitrogens with zero attached hydrogens (tertiary/aromatic N) is 4. The molecule has 4 heterocycles. The highest BCUT2D eigenvalue weighted by Gasteiger charge is 2.66. The number of oxime groups is 1. The minimum absolute atomic E-state index is 0.0391. The maximum atomic E-state index is 15.5. The SMILES string of the molecule is C=CCO[C@@]12Oc3ccc(OCCN4CC4)cc3[C@H]3[C@H](CCCCO)[C@@H](CCCCO)C=C(C(=NOC4CCCCO4)C[C@@H]1N(CCC)S(=O)(=O)c1cccc4cccnc14)[C@H]32. The first-order valence-corrected chi connectivity index (χ1v) is 24.3. The Balaban J connectivity index is 1.34. The van der Waals surface area contributed by atoms with Crippen LogP contribution in [0.3, 0.4) is 0 Å². The van der Waals surface area contributed by atoms with Crippen molar-refractivity contribution in [2.45, 2.75) is 106 Å². The van der Waals surface area contributed by atoms with Crippen molar-refractivity contribution in [3.05, 3.63) is 84.6 Å². The number of fused-ring (bicyclic) bond motifs is 3. The molecule has 1 saturated carbocycles. The van der Waals surface area contributed by atoms with Gasteiger partial charge in [0.15, 0.2) is 0 Å². The van der Waals surface area contributed by atoms with E-state index in [0.29, 0.717) is 55.9 Å². The molecule has 0 spiro atoms. The Hall–Kier alpha value is -3.89. The van der Waals surface area contributed by atoms with E-state index in [1.54, 1.807) is 34.8 Å². The van der Waals surface area contributed by atoms with Crippen molar-refractivity contribution in [2.24, 2.45) is 22.9 Å². The molecule has 14 heteroatoms. The largest absolute Gasteiger partial charge is 0.492 e. The highest BCUT2D eigenvalue weighted by Crippen LogP contribution is 2.62. The summed E-state index contributed by atoms with van der Waals surface area (Å²) in [4.78, 5) is 13.3. The molecule has 8 rings (SSSR count). The minimum Gasteiger partial charge on any atom is -0.492 e. The lowest BCUT2D eigenvalue weighted by Crippen LogP contribution is -2.70. The molecule has 1 unspecified atom stereocenters. The average Bonchev–Trinajstić information content (AvgIpc) is 4.13. The molecule has 0 radical (unpaired) electrons. The number of aliphatic hydroxyl groups is 2. The third-order valence-corrected chi connectivity index (χ3v) is 15.2. The molecule has 3 fully saturated rings. The van der Waals surface area contributed by atoms with Crippen LogP contribution in [0.25, 0.3) is 10.9 Å². The van der Waals surface area contributed by atoms with Crippen LogP contribution in [-0.2, 0) is 24.3 Å². The topological polar surface area (TPSA) is 152 Å². The van der Waals surface area contributed by atoms with Gasteiger partial charge in [-0.3, -0.25) is 9.88 Å². The van der Waals surface area contributed by atoms with Gasteiger partial charge in [-0.15, -0.1) is 6.58 Å². The molecule has 1 aromatic heterocycles. The van der Waals surface area contributed by atoms with Crippen LogP contribution in [0, 0.1) is 17.8 Å². The Morgan fingerprint density at radius 1 is 1.06 bits per heavy atom. The normalized spacial score (nSPS) is 27.6. The van der Waals surface area contributed by atoms with Gasteiger partial charge in [0.1, 0.15) is 23.0 Å². The molecule has 3 aliphatic heterocycles. The zero-order valence-corrected chi connectivity index (χ0v) is 36.9. The number of sulfonamides is 1. The first kappa shape index (κ1) is 44.7. The Morgan fingerprint density at radius 2 is 1.89 bits per heavy atom. The van der Waals surface area contributed by atoms with Crippen LogP contribution in [-0.4, -0.2) is 116 Å². The van der Waals surface area contributed by atoms with Gasteiger partial charge >= 0.3 is 0 Å². The third kappa shape index (κ3) is 9.34. The number of allylic oxidation sites excluding steroid dienone is 1. The molecule has 13 nitrogen and oxygen atoms in total. The molecule has 2 aliphatic carbocycles. The molecule has 2 N–H and O–H groups in total. The standard InChI is InChI=1S/C48H64N4O9S/c1-3-22-52(62(55,56)42-17-11-14-34-15-12-21-49-47(34)42)43-33-40(50-61-44-18-7-10-29-58-44)38-31-35(13-5-8-26-53)37(16-6-9-27-54)45-39-32-36(57-30-25-51-23-24-51)19-20-41(39)60-48(43,46(38)45)59-28-4-2/h4,11-12,14-15,17,19-21,31-32,35,37,43-46,53-54H,2-3,5-10,13,16,18,22-30,33H2,1H3/t35-,37+,43-,44?,45+,46+,48+/m0/s1. The predicted octanol–water partition coefficient (Wildman–Crippen LogP) is 7.19. The number of para-hydroxylation sites is 1. The number of pyridine rings is 1. The number of benzene rings is 2. The van der Waals surface area contributed by atoms with Gasteiger partial charge < -0.3 is 34.0 Å². The van der Waals surface area contributed by atoms with Crippen molar-refractivity contribution in [2.75, 3.05) is 59.2 Å². The highest BCUT2D eigenvalue weighted by atomic mass is 32.2. The molecule has 0 bridgehead atoms. The van der Waals surface area contributed by atoms with E-state index in [1.807, 2.05) is 31.2 Å². The van der Waals surface area contributed by atoms with Crippen LogP contribution < -0.4 is 9.47 Å². The minimum atomic E-state index is -4.27. The van der Waals surface area contributed by atoms with E-state index in [9.17, 15) is 10.2 Å². The molecule has 62 heavy (non-hydrogen) atoms. The molecule has 2 aromatic carbocycles. The molecule has 336 valence electrons. The summed E-state index contributed by atoms with van der Waals surface area (Å²) in [5.74, 6) is -0.840. The van der Waals surface area contributed by atoms with Gasteiger partial charge in [-0.05, 0) is 92.7 Å². The van der Waals surface area contributed by atoms with Crippen LogP contribution in [0.15, 0.2) is 89.1 Å². The summed E-state index contributed by atoms with van der Waals surface area (Å²) >= 11 is 0. The van der Waals surface area contributed by atoms with E-state index >= 15 is 8.42 Å². The molecular weight excluding hydrogens is 809 g/mol. The van der Waals surface area contributed by atoms with E-state index in [-0.39, 0.29) is 55.4 Å². The summed E-state index contributed by atoms with van der Waals surface area (Å²) in [7, 11) is -4.27. The molecule has 0 amide bonds. The van der Waals surface area contributed by atoms with Crippen molar-refractivity contribution < 1.29 is 42.4 Å². The zero-order valence-electron chi connectivity index (χ0n) is 36.1. The third-order valence-electron chi connectivity index (χ3n) is 13.3. The number of aromatic nitrogens is 1. The van der Waals surface area contributed by atoms with E-state index in [2.05, 4.69) is 28.6 Å². The van der Waals surface area contributed by atoms with Crippen LogP contribution in [0.2, 0.25) is 0 Å². The fourth-order valence-electron chi connectivity index (χ4n) is 10.3. The Kier molecular flexibility index (Phi) is 14.6. The van der Waals surface area contributed by atoms with Crippen molar-refractivity contribution in [3.63, 3.8) is 0 Å².